The number of likely N-dealkylation sites (N-methyl/N-ethyl adjacent to an activating group) is 1. The first-order chi connectivity index (χ1) is 8.25. The summed E-state index contributed by atoms with van der Waals surface area (Å²) in [6, 6.07) is 4.73. The van der Waals surface area contributed by atoms with Crippen LogP contribution in [0, 0.1) is 0 Å². The minimum atomic E-state index is 0.471. The average molecular weight is 251 g/mol. The number of nitrogens with two attached hydrogens (primary N) is 1. The molecule has 4 heteroatoms. The molecule has 0 unspecified atom stereocenters. The summed E-state index contributed by atoms with van der Waals surface area (Å²) in [6.07, 6.45) is 6.08. The first-order valence-corrected chi connectivity index (χ1v) is 7.20. The fourth-order valence-electron chi connectivity index (χ4n) is 2.17. The van der Waals surface area contributed by atoms with Crippen molar-refractivity contribution in [3.8, 4) is 0 Å². The molecule has 0 aliphatic heterocycles. The Morgan fingerprint density at radius 3 is 2.94 bits per heavy atom. The molecule has 2 N–H and O–H groups in total. The van der Waals surface area contributed by atoms with Gasteiger partial charge in [0.15, 0.2) is 5.96 Å². The molecular formula is C13H21N3S. The lowest BCUT2D eigenvalue weighted by Gasteiger charge is -2.18. The van der Waals surface area contributed by atoms with Gasteiger partial charge in [-0.2, -0.15) is 0 Å². The average Bonchev–Trinajstić information content (AvgIpc) is 2.98. The van der Waals surface area contributed by atoms with E-state index in [-0.39, 0.29) is 0 Å². The third-order valence-electron chi connectivity index (χ3n) is 3.30. The minimum Gasteiger partial charge on any atom is -0.370 e. The normalized spacial score (nSPS) is 17.6. The van der Waals surface area contributed by atoms with Crippen LogP contribution in [0.15, 0.2) is 22.5 Å². The topological polar surface area (TPSA) is 41.6 Å². The Balaban J connectivity index is 1.80. The Kier molecular flexibility index (Phi) is 4.42. The maximum absolute atomic E-state index is 6.02. The van der Waals surface area contributed by atoms with Crippen molar-refractivity contribution in [2.24, 2.45) is 10.7 Å². The molecule has 1 saturated carbocycles. The molecule has 3 nitrogen and oxygen atoms in total. The molecule has 0 spiro atoms. The zero-order chi connectivity index (χ0) is 12.1. The molecule has 17 heavy (non-hydrogen) atoms. The lowest BCUT2D eigenvalue weighted by Crippen LogP contribution is -2.36. The van der Waals surface area contributed by atoms with Crippen LogP contribution in [-0.4, -0.2) is 30.5 Å². The van der Waals surface area contributed by atoms with E-state index < -0.39 is 0 Å². The van der Waals surface area contributed by atoms with Crippen LogP contribution in [0.1, 0.15) is 30.6 Å². The van der Waals surface area contributed by atoms with E-state index in [4.69, 9.17) is 5.73 Å². The predicted molar refractivity (Wildman–Crippen MR) is 74.5 cm³/mol. The van der Waals surface area contributed by atoms with Crippen molar-refractivity contribution in [1.82, 2.24) is 4.90 Å². The van der Waals surface area contributed by atoms with Gasteiger partial charge in [0.1, 0.15) is 0 Å². The SMILES string of the molecule is CN(CCc1cccs1)C(N)=NC1CCCC1. The van der Waals surface area contributed by atoms with Gasteiger partial charge < -0.3 is 10.6 Å². The van der Waals surface area contributed by atoms with Crippen molar-refractivity contribution in [1.29, 1.82) is 0 Å². The predicted octanol–water partition coefficient (Wildman–Crippen LogP) is 2.48. The van der Waals surface area contributed by atoms with Crippen molar-refractivity contribution in [3.05, 3.63) is 22.4 Å². The van der Waals surface area contributed by atoms with E-state index in [0.717, 1.165) is 13.0 Å². The molecule has 0 bridgehead atoms. The number of rotatable bonds is 4. The molecule has 0 amide bonds. The molecule has 0 radical (unpaired) electrons. The summed E-state index contributed by atoms with van der Waals surface area (Å²) < 4.78 is 0. The fourth-order valence-corrected chi connectivity index (χ4v) is 2.86. The largest absolute Gasteiger partial charge is 0.370 e. The van der Waals surface area contributed by atoms with E-state index in [1.165, 1.54) is 30.6 Å². The number of thiophene rings is 1. The smallest absolute Gasteiger partial charge is 0.191 e. The molecule has 1 aromatic heterocycles. The Bertz CT molecular complexity index is 353. The summed E-state index contributed by atoms with van der Waals surface area (Å²) in [7, 11) is 2.03. The number of nitrogens with zero attached hydrogens (tertiary/aromatic N) is 2. The van der Waals surface area contributed by atoms with Gasteiger partial charge in [-0.05, 0) is 30.7 Å². The van der Waals surface area contributed by atoms with Crippen LogP contribution in [0.5, 0.6) is 0 Å². The first-order valence-electron chi connectivity index (χ1n) is 6.32. The van der Waals surface area contributed by atoms with Crippen molar-refractivity contribution >= 4 is 17.3 Å². The molecule has 1 aliphatic carbocycles. The molecule has 0 atom stereocenters. The fraction of sp³-hybridized carbons (Fsp3) is 0.615. The highest BCUT2D eigenvalue weighted by Gasteiger charge is 2.14. The summed E-state index contributed by atoms with van der Waals surface area (Å²) in [5.41, 5.74) is 6.02. The van der Waals surface area contributed by atoms with Crippen LogP contribution in [-0.2, 0) is 6.42 Å². The van der Waals surface area contributed by atoms with E-state index in [2.05, 4.69) is 27.4 Å². The zero-order valence-corrected chi connectivity index (χ0v) is 11.2. The van der Waals surface area contributed by atoms with Crippen LogP contribution in [0.4, 0.5) is 0 Å². The van der Waals surface area contributed by atoms with Gasteiger partial charge in [-0.3, -0.25) is 0 Å². The molecule has 2 rings (SSSR count). The number of aliphatic imine (C=N–C) groups is 1. The standard InChI is InChI=1S/C13H21N3S/c1-16(9-8-12-7-4-10-17-12)13(14)15-11-5-2-3-6-11/h4,7,10-11H,2-3,5-6,8-9H2,1H3,(H2,14,15). The highest BCUT2D eigenvalue weighted by atomic mass is 32.1. The van der Waals surface area contributed by atoms with E-state index >= 15 is 0 Å². The molecule has 1 aromatic rings. The lowest BCUT2D eigenvalue weighted by atomic mass is 10.3. The van der Waals surface area contributed by atoms with Crippen LogP contribution in [0.25, 0.3) is 0 Å². The lowest BCUT2D eigenvalue weighted by molar-refractivity contribution is 0.496. The van der Waals surface area contributed by atoms with Crippen molar-refractivity contribution in [3.63, 3.8) is 0 Å². The van der Waals surface area contributed by atoms with Gasteiger partial charge in [0, 0.05) is 18.5 Å². The van der Waals surface area contributed by atoms with Gasteiger partial charge in [-0.1, -0.05) is 18.9 Å². The van der Waals surface area contributed by atoms with Gasteiger partial charge in [0.2, 0.25) is 0 Å². The summed E-state index contributed by atoms with van der Waals surface area (Å²) in [5, 5.41) is 2.12. The second kappa shape index (κ2) is 6.05. The number of hydrogen-bond donors (Lipinski definition) is 1. The van der Waals surface area contributed by atoms with E-state index in [1.807, 2.05) is 7.05 Å². The third kappa shape index (κ3) is 3.73. The second-order valence-electron chi connectivity index (χ2n) is 4.68. The molecule has 1 aliphatic rings. The summed E-state index contributed by atoms with van der Waals surface area (Å²) in [4.78, 5) is 8.07. The number of guanidine groups is 1. The van der Waals surface area contributed by atoms with Gasteiger partial charge in [0.25, 0.3) is 0 Å². The van der Waals surface area contributed by atoms with Gasteiger partial charge in [-0.15, -0.1) is 11.3 Å². The van der Waals surface area contributed by atoms with E-state index in [0.29, 0.717) is 12.0 Å². The van der Waals surface area contributed by atoms with Gasteiger partial charge >= 0.3 is 0 Å². The van der Waals surface area contributed by atoms with Gasteiger partial charge in [0.05, 0.1) is 6.04 Å². The molecule has 94 valence electrons. The van der Waals surface area contributed by atoms with E-state index in [9.17, 15) is 0 Å². The Labute approximate surface area is 107 Å². The minimum absolute atomic E-state index is 0.471. The summed E-state index contributed by atoms with van der Waals surface area (Å²) in [6.45, 7) is 0.947. The Morgan fingerprint density at radius 1 is 1.53 bits per heavy atom. The van der Waals surface area contributed by atoms with Crippen LogP contribution >= 0.6 is 11.3 Å². The molecule has 1 heterocycles. The summed E-state index contributed by atoms with van der Waals surface area (Å²) >= 11 is 1.80. The third-order valence-corrected chi connectivity index (χ3v) is 4.24. The maximum atomic E-state index is 6.02. The Hall–Kier alpha value is -1.03. The molecule has 1 fully saturated rings. The van der Waals surface area contributed by atoms with Crippen molar-refractivity contribution in [2.45, 2.75) is 38.1 Å². The quantitative estimate of drug-likeness (QED) is 0.660. The number of hydrogen-bond acceptors (Lipinski definition) is 2. The zero-order valence-electron chi connectivity index (χ0n) is 10.4. The van der Waals surface area contributed by atoms with Crippen molar-refractivity contribution < 1.29 is 0 Å². The van der Waals surface area contributed by atoms with Crippen LogP contribution < -0.4 is 5.73 Å². The molecular weight excluding hydrogens is 230 g/mol. The first kappa shape index (κ1) is 12.4. The van der Waals surface area contributed by atoms with Crippen LogP contribution in [0.3, 0.4) is 0 Å². The molecule has 0 aromatic carbocycles. The highest BCUT2D eigenvalue weighted by Crippen LogP contribution is 2.20. The van der Waals surface area contributed by atoms with Gasteiger partial charge in [-0.25, -0.2) is 4.99 Å². The second-order valence-corrected chi connectivity index (χ2v) is 5.71. The molecule has 0 saturated heterocycles. The maximum Gasteiger partial charge on any atom is 0.191 e. The van der Waals surface area contributed by atoms with E-state index in [1.54, 1.807) is 11.3 Å². The van der Waals surface area contributed by atoms with Crippen LogP contribution in [0.2, 0.25) is 0 Å². The monoisotopic (exact) mass is 251 g/mol. The summed E-state index contributed by atoms with van der Waals surface area (Å²) in [5.74, 6) is 0.702. The van der Waals surface area contributed by atoms with Crippen molar-refractivity contribution in [2.75, 3.05) is 13.6 Å². The highest BCUT2D eigenvalue weighted by molar-refractivity contribution is 7.09. The Morgan fingerprint density at radius 2 is 2.29 bits per heavy atom.